The summed E-state index contributed by atoms with van der Waals surface area (Å²) in [6.45, 7) is 16.8. The Morgan fingerprint density at radius 2 is 1.36 bits per heavy atom. The predicted octanol–water partition coefficient (Wildman–Crippen LogP) is 4.15. The summed E-state index contributed by atoms with van der Waals surface area (Å²) >= 11 is 0. The monoisotopic (exact) mass is 708 g/mol. The molecule has 290 valence electrons. The van der Waals surface area contributed by atoms with Gasteiger partial charge >= 0.3 is 0 Å². The molecule has 4 unspecified atom stereocenters. The van der Waals surface area contributed by atoms with Gasteiger partial charge in [-0.2, -0.15) is 0 Å². The van der Waals surface area contributed by atoms with E-state index in [1.807, 2.05) is 0 Å². The minimum absolute atomic E-state index is 0.327. The second kappa shape index (κ2) is 13.4. The van der Waals surface area contributed by atoms with Gasteiger partial charge < -0.3 is 46.2 Å². The van der Waals surface area contributed by atoms with Crippen LogP contribution >= 0.6 is 0 Å². The van der Waals surface area contributed by atoms with Crippen molar-refractivity contribution >= 4 is 0 Å². The van der Waals surface area contributed by atoms with Crippen molar-refractivity contribution in [2.75, 3.05) is 13.2 Å². The maximum absolute atomic E-state index is 10.9. The van der Waals surface area contributed by atoms with Crippen LogP contribution in [0, 0.1) is 62.6 Å². The maximum atomic E-state index is 10.9. The van der Waals surface area contributed by atoms with Crippen molar-refractivity contribution in [3.8, 4) is 0 Å². The van der Waals surface area contributed by atoms with Crippen LogP contribution in [0.15, 0.2) is 0 Å². The summed E-state index contributed by atoms with van der Waals surface area (Å²) in [5, 5.41) is 72.9. The Hall–Kier alpha value is -0.360. The molecule has 0 bridgehead atoms. The van der Waals surface area contributed by atoms with Crippen LogP contribution in [0.5, 0.6) is 0 Å². The topological polar surface area (TPSA) is 177 Å². The van der Waals surface area contributed by atoms with E-state index < -0.39 is 61.5 Å². The first-order valence-electron chi connectivity index (χ1n) is 20.3. The first-order valence-corrected chi connectivity index (χ1v) is 20.3. The first-order chi connectivity index (χ1) is 23.2. The molecule has 0 amide bonds. The second-order valence-corrected chi connectivity index (χ2v) is 20.4. The molecule has 6 aliphatic carbocycles. The lowest BCUT2D eigenvalue weighted by atomic mass is 9.32. The van der Waals surface area contributed by atoms with E-state index >= 15 is 0 Å². The van der Waals surface area contributed by atoms with Gasteiger partial charge in [-0.3, -0.25) is 0 Å². The zero-order chi connectivity index (χ0) is 36.8. The molecule has 9 heteroatoms. The Kier molecular flexibility index (Phi) is 10.6. The van der Waals surface area contributed by atoms with Crippen molar-refractivity contribution < 1.29 is 40.5 Å². The lowest BCUT2D eigenvalue weighted by molar-refractivity contribution is -0.241. The smallest absolute Gasteiger partial charge is 0.144 e. The minimum atomic E-state index is -2.20. The Bertz CT molecular complexity index is 1220. The molecule has 6 saturated carbocycles. The molecule has 0 radical (unpaired) electrons. The molecule has 9 N–H and O–H groups in total. The highest BCUT2D eigenvalue weighted by Gasteiger charge is 2.70. The lowest BCUT2D eigenvalue weighted by Gasteiger charge is -2.73. The molecule has 0 saturated heterocycles. The lowest BCUT2D eigenvalue weighted by Crippen LogP contribution is -2.65. The average Bonchev–Trinajstić information content (AvgIpc) is 3.49. The van der Waals surface area contributed by atoms with Gasteiger partial charge in [0.05, 0.1) is 25.4 Å². The number of hydrogen-bond acceptors (Lipinski definition) is 9. The van der Waals surface area contributed by atoms with Crippen molar-refractivity contribution in [1.82, 2.24) is 0 Å². The Balaban J connectivity index is 1.06. The van der Waals surface area contributed by atoms with Gasteiger partial charge in [-0.05, 0) is 140 Å². The summed E-state index contributed by atoms with van der Waals surface area (Å²) < 4.78 is 5.53. The number of aliphatic hydroxyl groups is 7. The SMILES string of the molecule is CC(CCC(O)C(O)C(O)CO[C@@H]1[C@H](N)[C@@H](O)[C@H](O)[C@@]1(O)CO)[C@H]1CC[C@]2(C)[C@H]3CC[C@@H]4[C@@]5(C)CCCC(C)(C)[C@@H]5CC[C@@]4(C)[C@]3(C)CC[C@@H]12. The van der Waals surface area contributed by atoms with Gasteiger partial charge in [0.15, 0.2) is 0 Å². The Morgan fingerprint density at radius 3 is 2.00 bits per heavy atom. The second-order valence-electron chi connectivity index (χ2n) is 20.4. The van der Waals surface area contributed by atoms with Gasteiger partial charge in [-0.25, -0.2) is 0 Å². The summed E-state index contributed by atoms with van der Waals surface area (Å²) in [6, 6.07) is -1.20. The number of aliphatic hydroxyl groups excluding tert-OH is 6. The van der Waals surface area contributed by atoms with Crippen molar-refractivity contribution in [2.45, 2.75) is 180 Å². The van der Waals surface area contributed by atoms with Crippen LogP contribution < -0.4 is 5.73 Å². The zero-order valence-corrected chi connectivity index (χ0v) is 32.2. The van der Waals surface area contributed by atoms with Crippen molar-refractivity contribution in [3.05, 3.63) is 0 Å². The fourth-order valence-electron chi connectivity index (χ4n) is 15.0. The number of ether oxygens (including phenoxy) is 1. The summed E-state index contributed by atoms with van der Waals surface area (Å²) in [7, 11) is 0. The summed E-state index contributed by atoms with van der Waals surface area (Å²) in [6.07, 6.45) is 7.11. The molecule has 0 aliphatic heterocycles. The highest BCUT2D eigenvalue weighted by atomic mass is 16.5. The van der Waals surface area contributed by atoms with Crippen LogP contribution in [0.1, 0.15) is 132 Å². The van der Waals surface area contributed by atoms with Gasteiger partial charge in [0, 0.05) is 0 Å². The van der Waals surface area contributed by atoms with Gasteiger partial charge in [0.1, 0.15) is 36.1 Å². The first kappa shape index (κ1) is 39.3. The fraction of sp³-hybridized carbons (Fsp3) is 1.00. The van der Waals surface area contributed by atoms with E-state index in [0.29, 0.717) is 51.2 Å². The van der Waals surface area contributed by atoms with Gasteiger partial charge in [0.2, 0.25) is 0 Å². The Labute approximate surface area is 301 Å². The molecule has 0 aromatic carbocycles. The van der Waals surface area contributed by atoms with Crippen LogP contribution in [0.25, 0.3) is 0 Å². The van der Waals surface area contributed by atoms with Crippen LogP contribution in [0.2, 0.25) is 0 Å². The molecular formula is C41H73NO8. The van der Waals surface area contributed by atoms with E-state index in [9.17, 15) is 35.7 Å². The highest BCUT2D eigenvalue weighted by molar-refractivity contribution is 5.19. The van der Waals surface area contributed by atoms with Gasteiger partial charge in [-0.1, -0.05) is 54.9 Å². The van der Waals surface area contributed by atoms with E-state index in [4.69, 9.17) is 10.5 Å². The molecule has 6 fully saturated rings. The fourth-order valence-corrected chi connectivity index (χ4v) is 15.0. The van der Waals surface area contributed by atoms with Crippen molar-refractivity contribution in [1.29, 1.82) is 0 Å². The number of nitrogens with two attached hydrogens (primary N) is 1. The van der Waals surface area contributed by atoms with E-state index in [0.717, 1.165) is 24.2 Å². The van der Waals surface area contributed by atoms with E-state index in [1.165, 1.54) is 70.6 Å². The molecule has 9 nitrogen and oxygen atoms in total. The average molecular weight is 708 g/mol. The molecule has 18 atom stereocenters. The van der Waals surface area contributed by atoms with Crippen LogP contribution in [0.3, 0.4) is 0 Å². The Morgan fingerprint density at radius 1 is 0.740 bits per heavy atom. The number of hydrogen-bond donors (Lipinski definition) is 8. The molecule has 0 aromatic rings. The maximum Gasteiger partial charge on any atom is 0.144 e. The normalized spacial score (nSPS) is 52.3. The van der Waals surface area contributed by atoms with Crippen molar-refractivity contribution in [3.63, 3.8) is 0 Å². The predicted molar refractivity (Wildman–Crippen MR) is 193 cm³/mol. The van der Waals surface area contributed by atoms with Gasteiger partial charge in [-0.15, -0.1) is 0 Å². The van der Waals surface area contributed by atoms with Crippen LogP contribution in [0.4, 0.5) is 0 Å². The molecule has 6 aliphatic rings. The summed E-state index contributed by atoms with van der Waals surface area (Å²) in [4.78, 5) is 0. The van der Waals surface area contributed by atoms with Crippen LogP contribution in [-0.4, -0.2) is 97.2 Å². The third-order valence-electron chi connectivity index (χ3n) is 18.0. The number of fused-ring (bicyclic) bond motifs is 7. The van der Waals surface area contributed by atoms with Crippen molar-refractivity contribution in [2.24, 2.45) is 68.3 Å². The largest absolute Gasteiger partial charge is 0.393 e. The molecule has 0 heterocycles. The molecule has 6 rings (SSSR count). The molecular weight excluding hydrogens is 634 g/mol. The zero-order valence-electron chi connectivity index (χ0n) is 32.2. The van der Waals surface area contributed by atoms with Gasteiger partial charge in [0.25, 0.3) is 0 Å². The molecule has 50 heavy (non-hydrogen) atoms. The van der Waals surface area contributed by atoms with E-state index in [-0.39, 0.29) is 0 Å². The molecule has 0 aromatic heterocycles. The van der Waals surface area contributed by atoms with E-state index in [1.54, 1.807) is 0 Å². The van der Waals surface area contributed by atoms with Crippen LogP contribution in [-0.2, 0) is 4.74 Å². The quantitative estimate of drug-likeness (QED) is 0.166. The number of rotatable bonds is 10. The summed E-state index contributed by atoms with van der Waals surface area (Å²) in [5.74, 6) is 4.03. The third kappa shape index (κ3) is 5.72. The summed E-state index contributed by atoms with van der Waals surface area (Å²) in [5.41, 5.74) is 5.67. The minimum Gasteiger partial charge on any atom is -0.393 e. The molecule has 0 spiro atoms. The third-order valence-corrected chi connectivity index (χ3v) is 18.0. The highest BCUT2D eigenvalue weighted by Crippen LogP contribution is 2.78. The standard InChI is InChI=1S/C41H73NO8/c1-23(9-10-26(44)32(46)27(45)21-50-35-31(42)33(47)34(48)41(35,49)22-43)24-13-18-37(4)25(24)14-19-39(6)29(37)11-12-30-38(5)17-8-16-36(2,3)28(38)15-20-40(30,39)7/h23-35,43-49H,8-22,42H2,1-7H3/t23?,24-,25+,26?,27?,28+,29-,30-,31-,32?,33-,34+,35-,37+,38+,39-,40-,41+/m1/s1. The van der Waals surface area contributed by atoms with E-state index in [2.05, 4.69) is 48.5 Å².